The Morgan fingerprint density at radius 3 is 2.67 bits per heavy atom. The third kappa shape index (κ3) is 4.18. The zero-order valence-corrected chi connectivity index (χ0v) is 18.6. The predicted octanol–water partition coefficient (Wildman–Crippen LogP) is 3.92. The SMILES string of the molecule is c1cc(N[C@H]2CC[C@@H](Oc3cc(N4CCOCC4)cc4nccnc34)CC2)n2nccc2c1. The van der Waals surface area contributed by atoms with Crippen LogP contribution >= 0.6 is 0 Å². The molecule has 3 aromatic heterocycles. The van der Waals surface area contributed by atoms with Crippen molar-refractivity contribution in [1.82, 2.24) is 19.6 Å². The van der Waals surface area contributed by atoms with Crippen LogP contribution in [-0.2, 0) is 4.74 Å². The van der Waals surface area contributed by atoms with Crippen LogP contribution in [0.5, 0.6) is 5.75 Å². The number of rotatable bonds is 5. The lowest BCUT2D eigenvalue weighted by Crippen LogP contribution is -2.36. The van der Waals surface area contributed by atoms with Gasteiger partial charge in [0.1, 0.15) is 17.1 Å². The van der Waals surface area contributed by atoms with Crippen LogP contribution in [0, 0.1) is 0 Å². The molecular formula is C25H28N6O2. The molecule has 1 N–H and O–H groups in total. The van der Waals surface area contributed by atoms with Crippen molar-refractivity contribution < 1.29 is 9.47 Å². The third-order valence-corrected chi connectivity index (χ3v) is 6.64. The number of nitrogens with zero attached hydrogens (tertiary/aromatic N) is 5. The fourth-order valence-corrected chi connectivity index (χ4v) is 4.90. The van der Waals surface area contributed by atoms with Crippen molar-refractivity contribution in [1.29, 1.82) is 0 Å². The molecule has 1 aliphatic heterocycles. The fourth-order valence-electron chi connectivity index (χ4n) is 4.90. The van der Waals surface area contributed by atoms with E-state index in [0.717, 1.165) is 85.8 Å². The number of benzene rings is 1. The molecule has 2 aliphatic rings. The zero-order valence-electron chi connectivity index (χ0n) is 18.6. The van der Waals surface area contributed by atoms with Gasteiger partial charge in [-0.15, -0.1) is 0 Å². The highest BCUT2D eigenvalue weighted by atomic mass is 16.5. The van der Waals surface area contributed by atoms with Crippen molar-refractivity contribution in [3.63, 3.8) is 0 Å². The molecule has 6 rings (SSSR count). The van der Waals surface area contributed by atoms with E-state index < -0.39 is 0 Å². The van der Waals surface area contributed by atoms with E-state index in [1.54, 1.807) is 12.4 Å². The number of pyridine rings is 1. The Morgan fingerprint density at radius 2 is 1.79 bits per heavy atom. The van der Waals surface area contributed by atoms with Gasteiger partial charge >= 0.3 is 0 Å². The number of fused-ring (bicyclic) bond motifs is 2. The first kappa shape index (κ1) is 20.2. The molecule has 2 fully saturated rings. The highest BCUT2D eigenvalue weighted by Gasteiger charge is 2.24. The largest absolute Gasteiger partial charge is 0.488 e. The van der Waals surface area contributed by atoms with E-state index in [9.17, 15) is 0 Å². The van der Waals surface area contributed by atoms with E-state index >= 15 is 0 Å². The molecule has 0 radical (unpaired) electrons. The van der Waals surface area contributed by atoms with Gasteiger partial charge in [-0.25, -0.2) is 9.50 Å². The Bertz CT molecular complexity index is 1240. The van der Waals surface area contributed by atoms with Gasteiger partial charge in [-0.3, -0.25) is 4.98 Å². The van der Waals surface area contributed by atoms with Gasteiger partial charge in [-0.2, -0.15) is 5.10 Å². The van der Waals surface area contributed by atoms with Crippen LogP contribution in [0.15, 0.2) is 55.0 Å². The van der Waals surface area contributed by atoms with E-state index in [4.69, 9.17) is 9.47 Å². The Balaban J connectivity index is 1.16. The molecular weight excluding hydrogens is 416 g/mol. The van der Waals surface area contributed by atoms with Crippen LogP contribution in [0.2, 0.25) is 0 Å². The van der Waals surface area contributed by atoms with Gasteiger partial charge in [0.25, 0.3) is 0 Å². The number of hydrogen-bond acceptors (Lipinski definition) is 7. The second-order valence-corrected chi connectivity index (χ2v) is 8.78. The van der Waals surface area contributed by atoms with E-state index in [0.29, 0.717) is 6.04 Å². The summed E-state index contributed by atoms with van der Waals surface area (Å²) in [6, 6.07) is 12.9. The summed E-state index contributed by atoms with van der Waals surface area (Å²) in [6.07, 6.45) is 9.58. The Labute approximate surface area is 192 Å². The fraction of sp³-hybridized carbons (Fsp3) is 0.400. The summed E-state index contributed by atoms with van der Waals surface area (Å²) >= 11 is 0. The second-order valence-electron chi connectivity index (χ2n) is 8.78. The van der Waals surface area contributed by atoms with Gasteiger partial charge < -0.3 is 19.7 Å². The van der Waals surface area contributed by atoms with Crippen molar-refractivity contribution in [2.45, 2.75) is 37.8 Å². The lowest BCUT2D eigenvalue weighted by molar-refractivity contribution is 0.122. The molecule has 1 saturated heterocycles. The van der Waals surface area contributed by atoms with Gasteiger partial charge in [0.2, 0.25) is 0 Å². The highest BCUT2D eigenvalue weighted by molar-refractivity contribution is 5.85. The van der Waals surface area contributed by atoms with Crippen molar-refractivity contribution in [3.8, 4) is 5.75 Å². The summed E-state index contributed by atoms with van der Waals surface area (Å²) in [4.78, 5) is 11.5. The van der Waals surface area contributed by atoms with E-state index in [2.05, 4.69) is 55.6 Å². The Hall–Kier alpha value is -3.39. The molecule has 4 aromatic rings. The molecule has 8 nitrogen and oxygen atoms in total. The molecule has 170 valence electrons. The maximum absolute atomic E-state index is 6.55. The molecule has 0 spiro atoms. The lowest BCUT2D eigenvalue weighted by Gasteiger charge is -2.31. The van der Waals surface area contributed by atoms with Crippen LogP contribution in [0.3, 0.4) is 0 Å². The number of anilines is 2. The van der Waals surface area contributed by atoms with Crippen molar-refractivity contribution in [2.24, 2.45) is 0 Å². The normalized spacial score (nSPS) is 21.4. The summed E-state index contributed by atoms with van der Waals surface area (Å²) in [5, 5.41) is 8.12. The summed E-state index contributed by atoms with van der Waals surface area (Å²) in [5.41, 5.74) is 3.94. The molecule has 4 heterocycles. The van der Waals surface area contributed by atoms with Crippen LogP contribution < -0.4 is 15.0 Å². The summed E-state index contributed by atoms with van der Waals surface area (Å²) < 4.78 is 14.0. The van der Waals surface area contributed by atoms with Crippen molar-refractivity contribution in [3.05, 3.63) is 55.0 Å². The van der Waals surface area contributed by atoms with Crippen LogP contribution in [0.1, 0.15) is 25.7 Å². The van der Waals surface area contributed by atoms with Crippen LogP contribution in [0.25, 0.3) is 16.6 Å². The first-order chi connectivity index (χ1) is 16.3. The molecule has 33 heavy (non-hydrogen) atoms. The maximum Gasteiger partial charge on any atom is 0.149 e. The molecule has 0 bridgehead atoms. The molecule has 1 aliphatic carbocycles. The zero-order chi connectivity index (χ0) is 22.0. The third-order valence-electron chi connectivity index (χ3n) is 6.64. The van der Waals surface area contributed by atoms with E-state index in [1.165, 1.54) is 0 Å². The van der Waals surface area contributed by atoms with E-state index in [-0.39, 0.29) is 6.10 Å². The number of aromatic nitrogens is 4. The molecule has 0 unspecified atom stereocenters. The molecule has 8 heteroatoms. The Kier molecular flexibility index (Phi) is 5.43. The average Bonchev–Trinajstić information content (AvgIpc) is 3.36. The monoisotopic (exact) mass is 444 g/mol. The first-order valence-corrected chi connectivity index (χ1v) is 11.8. The van der Waals surface area contributed by atoms with Gasteiger partial charge in [0, 0.05) is 43.3 Å². The minimum absolute atomic E-state index is 0.175. The topological polar surface area (TPSA) is 76.8 Å². The summed E-state index contributed by atoms with van der Waals surface area (Å²) in [6.45, 7) is 3.26. The first-order valence-electron chi connectivity index (χ1n) is 11.8. The number of ether oxygens (including phenoxy) is 2. The minimum Gasteiger partial charge on any atom is -0.488 e. The molecule has 1 saturated carbocycles. The highest BCUT2D eigenvalue weighted by Crippen LogP contribution is 2.33. The standard InChI is InChI=1S/C25H28N6O2/c1-2-19-8-9-28-31(19)24(3-1)29-18-4-6-21(7-5-18)33-23-17-20(30-12-14-32-15-13-30)16-22-25(23)27-11-10-26-22/h1-3,8-11,16-18,21,29H,4-7,12-15H2/t18-,21+. The molecule has 0 amide bonds. The quantitative estimate of drug-likeness (QED) is 0.500. The van der Waals surface area contributed by atoms with E-state index in [1.807, 2.05) is 16.8 Å². The lowest BCUT2D eigenvalue weighted by atomic mass is 9.93. The van der Waals surface area contributed by atoms with Crippen LogP contribution in [-0.4, -0.2) is 58.0 Å². The van der Waals surface area contributed by atoms with Gasteiger partial charge in [0.15, 0.2) is 0 Å². The van der Waals surface area contributed by atoms with Gasteiger partial charge in [0.05, 0.1) is 36.5 Å². The predicted molar refractivity (Wildman–Crippen MR) is 128 cm³/mol. The van der Waals surface area contributed by atoms with Crippen molar-refractivity contribution >= 4 is 28.1 Å². The molecule has 1 aromatic carbocycles. The number of nitrogens with one attached hydrogen (secondary N) is 1. The van der Waals surface area contributed by atoms with Crippen LogP contribution in [0.4, 0.5) is 11.5 Å². The summed E-state index contributed by atoms with van der Waals surface area (Å²) in [5.74, 6) is 1.88. The van der Waals surface area contributed by atoms with Gasteiger partial charge in [-0.05, 0) is 49.9 Å². The summed E-state index contributed by atoms with van der Waals surface area (Å²) in [7, 11) is 0. The Morgan fingerprint density at radius 1 is 0.939 bits per heavy atom. The second kappa shape index (κ2) is 8.86. The number of morpholine rings is 1. The average molecular weight is 445 g/mol. The maximum atomic E-state index is 6.55. The number of hydrogen-bond donors (Lipinski definition) is 1. The van der Waals surface area contributed by atoms with Gasteiger partial charge in [-0.1, -0.05) is 6.07 Å². The van der Waals surface area contributed by atoms with Crippen molar-refractivity contribution in [2.75, 3.05) is 36.5 Å². The molecule has 0 atom stereocenters. The minimum atomic E-state index is 0.175. The smallest absolute Gasteiger partial charge is 0.149 e.